The summed E-state index contributed by atoms with van der Waals surface area (Å²) in [6, 6.07) is 0. The molecule has 13 heavy (non-hydrogen) atoms. The molecular formula is C9H12O4. The standard InChI is InChI=1S/C9H12O4/c1-3-5-7(10)8(11)9(12)13-6-4-2/h4H,2-3,5-6H2,1H3. The maximum Gasteiger partial charge on any atom is 0.383 e. The number of carbonyl (C=O) groups is 3. The minimum absolute atomic E-state index is 0.0516. The number of ketones is 2. The molecule has 72 valence electrons. The van der Waals surface area contributed by atoms with E-state index in [0.717, 1.165) is 0 Å². The zero-order valence-corrected chi connectivity index (χ0v) is 7.54. The molecule has 4 nitrogen and oxygen atoms in total. The molecule has 0 fully saturated rings. The van der Waals surface area contributed by atoms with Gasteiger partial charge < -0.3 is 4.74 Å². The van der Waals surface area contributed by atoms with Crippen molar-refractivity contribution in [3.8, 4) is 0 Å². The molecule has 4 heteroatoms. The van der Waals surface area contributed by atoms with Crippen molar-refractivity contribution in [2.45, 2.75) is 19.8 Å². The van der Waals surface area contributed by atoms with Gasteiger partial charge in [-0.25, -0.2) is 4.79 Å². The summed E-state index contributed by atoms with van der Waals surface area (Å²) < 4.78 is 4.39. The first kappa shape index (κ1) is 11.6. The second-order valence-electron chi connectivity index (χ2n) is 2.39. The topological polar surface area (TPSA) is 60.4 Å². The maximum absolute atomic E-state index is 10.9. The third-order valence-electron chi connectivity index (χ3n) is 1.25. The van der Waals surface area contributed by atoms with Gasteiger partial charge in [0.25, 0.3) is 0 Å². The molecule has 0 aromatic rings. The molecule has 0 rings (SSSR count). The smallest absolute Gasteiger partial charge is 0.383 e. The highest BCUT2D eigenvalue weighted by atomic mass is 16.5. The van der Waals surface area contributed by atoms with Crippen molar-refractivity contribution >= 4 is 17.5 Å². The second kappa shape index (κ2) is 6.11. The Morgan fingerprint density at radius 2 is 2.00 bits per heavy atom. The summed E-state index contributed by atoms with van der Waals surface area (Å²) in [5.74, 6) is -2.88. The predicted molar refractivity (Wildman–Crippen MR) is 46.1 cm³/mol. The molecule has 0 aromatic heterocycles. The third kappa shape index (κ3) is 4.20. The van der Waals surface area contributed by atoms with Gasteiger partial charge in [0.15, 0.2) is 0 Å². The molecule has 0 saturated carbocycles. The Balaban J connectivity index is 4.02. The lowest BCUT2D eigenvalue weighted by Gasteiger charge is -1.98. The van der Waals surface area contributed by atoms with Crippen molar-refractivity contribution in [2.24, 2.45) is 0 Å². The zero-order valence-electron chi connectivity index (χ0n) is 7.54. The Hall–Kier alpha value is -1.45. The molecule has 0 aromatic carbocycles. The molecule has 0 aliphatic heterocycles. The molecule has 0 aliphatic rings. The largest absolute Gasteiger partial charge is 0.455 e. The fraction of sp³-hybridized carbons (Fsp3) is 0.444. The SMILES string of the molecule is C=CCOC(=O)C(=O)C(=O)CCC. The van der Waals surface area contributed by atoms with Gasteiger partial charge in [-0.15, -0.1) is 0 Å². The molecule has 0 heterocycles. The summed E-state index contributed by atoms with van der Waals surface area (Å²) in [6.45, 7) is 5.00. The van der Waals surface area contributed by atoms with Crippen LogP contribution in [0.4, 0.5) is 0 Å². The van der Waals surface area contributed by atoms with E-state index in [4.69, 9.17) is 0 Å². The fourth-order valence-corrected chi connectivity index (χ4v) is 0.655. The Bertz CT molecular complexity index is 230. The van der Waals surface area contributed by atoms with Gasteiger partial charge in [0, 0.05) is 6.42 Å². The quantitative estimate of drug-likeness (QED) is 0.263. The van der Waals surface area contributed by atoms with Crippen LogP contribution in [0.2, 0.25) is 0 Å². The molecule has 0 N–H and O–H groups in total. The van der Waals surface area contributed by atoms with Crippen molar-refractivity contribution in [2.75, 3.05) is 6.61 Å². The first-order valence-electron chi connectivity index (χ1n) is 3.98. The zero-order chi connectivity index (χ0) is 10.3. The van der Waals surface area contributed by atoms with Crippen LogP contribution in [0.25, 0.3) is 0 Å². The van der Waals surface area contributed by atoms with Crippen LogP contribution in [0.15, 0.2) is 12.7 Å². The van der Waals surface area contributed by atoms with Crippen LogP contribution < -0.4 is 0 Å². The lowest BCUT2D eigenvalue weighted by molar-refractivity contribution is -0.156. The number of hydrogen-bond donors (Lipinski definition) is 0. The monoisotopic (exact) mass is 184 g/mol. The molecule has 0 spiro atoms. The predicted octanol–water partition coefficient (Wildman–Crippen LogP) is 0.654. The van der Waals surface area contributed by atoms with Gasteiger partial charge in [-0.05, 0) is 6.42 Å². The molecular weight excluding hydrogens is 172 g/mol. The van der Waals surface area contributed by atoms with Crippen LogP contribution in [-0.4, -0.2) is 24.1 Å². The molecule has 0 unspecified atom stereocenters. The Morgan fingerprint density at radius 3 is 2.46 bits per heavy atom. The number of esters is 1. The van der Waals surface area contributed by atoms with Crippen molar-refractivity contribution in [1.29, 1.82) is 0 Å². The summed E-state index contributed by atoms with van der Waals surface area (Å²) in [6.07, 6.45) is 1.96. The van der Waals surface area contributed by atoms with Crippen molar-refractivity contribution in [1.82, 2.24) is 0 Å². The molecule has 0 saturated heterocycles. The van der Waals surface area contributed by atoms with Crippen molar-refractivity contribution in [3.05, 3.63) is 12.7 Å². The minimum Gasteiger partial charge on any atom is -0.455 e. The first-order chi connectivity index (χ1) is 6.13. The lowest BCUT2D eigenvalue weighted by Crippen LogP contribution is -2.25. The number of rotatable bonds is 6. The van der Waals surface area contributed by atoms with E-state index in [-0.39, 0.29) is 13.0 Å². The molecule has 0 aliphatic carbocycles. The Labute approximate surface area is 76.6 Å². The maximum atomic E-state index is 10.9. The van der Waals surface area contributed by atoms with Gasteiger partial charge >= 0.3 is 11.8 Å². The van der Waals surface area contributed by atoms with Crippen molar-refractivity contribution < 1.29 is 19.1 Å². The van der Waals surface area contributed by atoms with Gasteiger partial charge in [0.1, 0.15) is 6.61 Å². The van der Waals surface area contributed by atoms with E-state index in [9.17, 15) is 14.4 Å². The first-order valence-corrected chi connectivity index (χ1v) is 3.98. The van der Waals surface area contributed by atoms with E-state index >= 15 is 0 Å². The Morgan fingerprint density at radius 1 is 1.38 bits per heavy atom. The highest BCUT2D eigenvalue weighted by molar-refractivity contribution is 6.62. The second-order valence-corrected chi connectivity index (χ2v) is 2.39. The third-order valence-corrected chi connectivity index (χ3v) is 1.25. The lowest BCUT2D eigenvalue weighted by atomic mass is 10.1. The van der Waals surface area contributed by atoms with E-state index in [2.05, 4.69) is 11.3 Å². The minimum atomic E-state index is -1.10. The molecule has 0 radical (unpaired) electrons. The molecule has 0 amide bonds. The Kier molecular flexibility index (Phi) is 5.43. The van der Waals surface area contributed by atoms with Crippen LogP contribution in [0.5, 0.6) is 0 Å². The van der Waals surface area contributed by atoms with Crippen LogP contribution in [0, 0.1) is 0 Å². The van der Waals surface area contributed by atoms with Gasteiger partial charge in [-0.1, -0.05) is 19.6 Å². The summed E-state index contributed by atoms with van der Waals surface area (Å²) in [5.41, 5.74) is 0. The summed E-state index contributed by atoms with van der Waals surface area (Å²) in [5, 5.41) is 0. The van der Waals surface area contributed by atoms with Gasteiger partial charge in [-0.3, -0.25) is 9.59 Å². The molecule has 0 atom stereocenters. The average molecular weight is 184 g/mol. The number of Topliss-reactive ketones (excluding diaryl/α,β-unsaturated/α-hetero) is 2. The van der Waals surface area contributed by atoms with Gasteiger partial charge in [0.05, 0.1) is 0 Å². The normalized spacial score (nSPS) is 9.00. The van der Waals surface area contributed by atoms with E-state index in [1.54, 1.807) is 6.92 Å². The summed E-state index contributed by atoms with van der Waals surface area (Å²) in [7, 11) is 0. The molecule has 0 bridgehead atoms. The highest BCUT2D eigenvalue weighted by Gasteiger charge is 2.22. The number of carbonyl (C=O) groups excluding carboxylic acids is 3. The van der Waals surface area contributed by atoms with Crippen LogP contribution in [-0.2, 0) is 19.1 Å². The average Bonchev–Trinajstić information content (AvgIpc) is 2.13. The van der Waals surface area contributed by atoms with E-state index < -0.39 is 17.5 Å². The summed E-state index contributed by atoms with van der Waals surface area (Å²) >= 11 is 0. The van der Waals surface area contributed by atoms with E-state index in [0.29, 0.717) is 6.42 Å². The van der Waals surface area contributed by atoms with Gasteiger partial charge in [-0.2, -0.15) is 0 Å². The number of hydrogen-bond acceptors (Lipinski definition) is 4. The fourth-order valence-electron chi connectivity index (χ4n) is 0.655. The van der Waals surface area contributed by atoms with Crippen LogP contribution >= 0.6 is 0 Å². The van der Waals surface area contributed by atoms with Gasteiger partial charge in [0.2, 0.25) is 5.78 Å². The van der Waals surface area contributed by atoms with Crippen LogP contribution in [0.1, 0.15) is 19.8 Å². The van der Waals surface area contributed by atoms with Crippen LogP contribution in [0.3, 0.4) is 0 Å². The highest BCUT2D eigenvalue weighted by Crippen LogP contribution is 1.93. The van der Waals surface area contributed by atoms with Crippen molar-refractivity contribution in [3.63, 3.8) is 0 Å². The van der Waals surface area contributed by atoms with E-state index in [1.165, 1.54) is 6.08 Å². The summed E-state index contributed by atoms with van der Waals surface area (Å²) in [4.78, 5) is 32.5. The van der Waals surface area contributed by atoms with E-state index in [1.807, 2.05) is 0 Å². The number of ether oxygens (including phenoxy) is 1.